The number of benzene rings is 1. The Morgan fingerprint density at radius 2 is 2.11 bits per heavy atom. The molecule has 0 spiro atoms. The van der Waals surface area contributed by atoms with Crippen LogP contribution in [0.25, 0.3) is 22.2 Å². The summed E-state index contributed by atoms with van der Waals surface area (Å²) >= 11 is 0. The SMILES string of the molecule is O=C(O)c1cc(-c2ccc3cccnc3c2)no1. The number of aromatic carboxylic acids is 1. The van der Waals surface area contributed by atoms with E-state index in [9.17, 15) is 4.79 Å². The van der Waals surface area contributed by atoms with Crippen molar-refractivity contribution < 1.29 is 14.4 Å². The second-order valence-electron chi connectivity index (χ2n) is 3.79. The van der Waals surface area contributed by atoms with Gasteiger partial charge in [-0.2, -0.15) is 0 Å². The second kappa shape index (κ2) is 3.96. The number of rotatable bonds is 2. The first-order chi connectivity index (χ1) is 8.74. The molecule has 0 aliphatic heterocycles. The van der Waals surface area contributed by atoms with E-state index in [1.165, 1.54) is 6.07 Å². The second-order valence-corrected chi connectivity index (χ2v) is 3.79. The largest absolute Gasteiger partial charge is 0.475 e. The Labute approximate surface area is 102 Å². The monoisotopic (exact) mass is 240 g/mol. The summed E-state index contributed by atoms with van der Waals surface area (Å²) in [5.41, 5.74) is 2.09. The Balaban J connectivity index is 2.10. The summed E-state index contributed by atoms with van der Waals surface area (Å²) < 4.78 is 4.72. The van der Waals surface area contributed by atoms with E-state index < -0.39 is 5.97 Å². The zero-order valence-corrected chi connectivity index (χ0v) is 9.20. The molecule has 0 fully saturated rings. The number of carbonyl (C=O) groups is 1. The first-order valence-electron chi connectivity index (χ1n) is 5.29. The number of nitrogens with zero attached hydrogens (tertiary/aromatic N) is 2. The number of carboxylic acids is 1. The van der Waals surface area contributed by atoms with Crippen LogP contribution in [0.5, 0.6) is 0 Å². The molecule has 88 valence electrons. The van der Waals surface area contributed by atoms with Gasteiger partial charge in [0.15, 0.2) is 0 Å². The summed E-state index contributed by atoms with van der Waals surface area (Å²) in [6.45, 7) is 0. The average molecular weight is 240 g/mol. The van der Waals surface area contributed by atoms with Gasteiger partial charge >= 0.3 is 5.97 Å². The molecule has 3 aromatic rings. The van der Waals surface area contributed by atoms with Crippen molar-refractivity contribution in [3.63, 3.8) is 0 Å². The van der Waals surface area contributed by atoms with Crippen molar-refractivity contribution in [3.05, 3.63) is 48.4 Å². The van der Waals surface area contributed by atoms with Crippen LogP contribution < -0.4 is 0 Å². The molecular weight excluding hydrogens is 232 g/mol. The maximum Gasteiger partial charge on any atom is 0.374 e. The van der Waals surface area contributed by atoms with E-state index in [0.717, 1.165) is 16.5 Å². The van der Waals surface area contributed by atoms with Gasteiger partial charge in [-0.3, -0.25) is 4.98 Å². The highest BCUT2D eigenvalue weighted by molar-refractivity contribution is 5.87. The molecule has 0 unspecified atom stereocenters. The highest BCUT2D eigenvalue weighted by Gasteiger charge is 2.12. The molecular formula is C13H8N2O3. The molecule has 1 aromatic carbocycles. The lowest BCUT2D eigenvalue weighted by atomic mass is 10.1. The molecule has 1 N–H and O–H groups in total. The van der Waals surface area contributed by atoms with Gasteiger partial charge in [-0.1, -0.05) is 23.4 Å². The van der Waals surface area contributed by atoms with Crippen molar-refractivity contribution in [1.82, 2.24) is 10.1 Å². The maximum atomic E-state index is 10.7. The predicted molar refractivity (Wildman–Crippen MR) is 64.2 cm³/mol. The Morgan fingerprint density at radius 3 is 2.89 bits per heavy atom. The molecule has 0 aliphatic carbocycles. The van der Waals surface area contributed by atoms with E-state index in [4.69, 9.17) is 9.63 Å². The Bertz CT molecular complexity index is 734. The first kappa shape index (κ1) is 10.5. The van der Waals surface area contributed by atoms with Crippen molar-refractivity contribution in [3.8, 4) is 11.3 Å². The van der Waals surface area contributed by atoms with Gasteiger partial charge in [-0.15, -0.1) is 0 Å². The highest BCUT2D eigenvalue weighted by Crippen LogP contribution is 2.23. The molecule has 0 aliphatic rings. The van der Waals surface area contributed by atoms with Gasteiger partial charge < -0.3 is 9.63 Å². The van der Waals surface area contributed by atoms with Crippen LogP contribution in [0.2, 0.25) is 0 Å². The smallest absolute Gasteiger partial charge is 0.374 e. The highest BCUT2D eigenvalue weighted by atomic mass is 16.5. The van der Waals surface area contributed by atoms with Crippen LogP contribution in [-0.2, 0) is 0 Å². The molecule has 18 heavy (non-hydrogen) atoms. The van der Waals surface area contributed by atoms with Crippen molar-refractivity contribution in [2.75, 3.05) is 0 Å². The lowest BCUT2D eigenvalue weighted by molar-refractivity contribution is 0.0652. The third-order valence-corrected chi connectivity index (χ3v) is 2.62. The van der Waals surface area contributed by atoms with Crippen LogP contribution in [0.15, 0.2) is 47.1 Å². The van der Waals surface area contributed by atoms with Gasteiger partial charge in [0.25, 0.3) is 0 Å². The lowest BCUT2D eigenvalue weighted by Crippen LogP contribution is -1.91. The minimum atomic E-state index is -1.13. The number of carboxylic acid groups (broad SMARTS) is 1. The topological polar surface area (TPSA) is 76.2 Å². The summed E-state index contributed by atoms with van der Waals surface area (Å²) in [6, 6.07) is 10.8. The quantitative estimate of drug-likeness (QED) is 0.745. The first-order valence-corrected chi connectivity index (χ1v) is 5.29. The molecule has 5 heteroatoms. The summed E-state index contributed by atoms with van der Waals surface area (Å²) in [5.74, 6) is -1.31. The zero-order valence-electron chi connectivity index (χ0n) is 9.20. The summed E-state index contributed by atoms with van der Waals surface area (Å²) in [4.78, 5) is 14.9. The van der Waals surface area contributed by atoms with E-state index in [1.54, 1.807) is 6.20 Å². The van der Waals surface area contributed by atoms with Crippen LogP contribution in [0, 0.1) is 0 Å². The molecule has 2 heterocycles. The Morgan fingerprint density at radius 1 is 1.22 bits per heavy atom. The van der Waals surface area contributed by atoms with Gasteiger partial charge in [-0.25, -0.2) is 4.79 Å². The van der Waals surface area contributed by atoms with E-state index in [1.807, 2.05) is 30.3 Å². The molecule has 5 nitrogen and oxygen atoms in total. The van der Waals surface area contributed by atoms with Crippen molar-refractivity contribution in [2.24, 2.45) is 0 Å². The van der Waals surface area contributed by atoms with Crippen LogP contribution in [-0.4, -0.2) is 21.2 Å². The summed E-state index contributed by atoms with van der Waals surface area (Å²) in [5, 5.41) is 13.5. The van der Waals surface area contributed by atoms with Gasteiger partial charge in [-0.05, 0) is 12.1 Å². The van der Waals surface area contributed by atoms with E-state index in [2.05, 4.69) is 10.1 Å². The average Bonchev–Trinajstić information content (AvgIpc) is 2.88. The molecule has 0 radical (unpaired) electrons. The predicted octanol–water partition coefficient (Wildman–Crippen LogP) is 2.59. The van der Waals surface area contributed by atoms with Crippen LogP contribution in [0.4, 0.5) is 0 Å². The molecule has 3 rings (SSSR count). The molecule has 2 aromatic heterocycles. The number of hydrogen-bond donors (Lipinski definition) is 1. The van der Waals surface area contributed by atoms with Crippen molar-refractivity contribution >= 4 is 16.9 Å². The standard InChI is InChI=1S/C13H8N2O3/c16-13(17)12-7-11(15-18-12)9-4-3-8-2-1-5-14-10(8)6-9/h1-7H,(H,16,17). The number of aromatic nitrogens is 2. The fourth-order valence-electron chi connectivity index (χ4n) is 1.74. The third kappa shape index (κ3) is 1.71. The minimum absolute atomic E-state index is 0.175. The number of fused-ring (bicyclic) bond motifs is 1. The maximum absolute atomic E-state index is 10.7. The molecule has 0 saturated heterocycles. The normalized spacial score (nSPS) is 10.7. The molecule has 0 bridgehead atoms. The summed E-state index contributed by atoms with van der Waals surface area (Å²) in [6.07, 6.45) is 1.71. The van der Waals surface area contributed by atoms with Gasteiger partial charge in [0.1, 0.15) is 5.69 Å². The van der Waals surface area contributed by atoms with E-state index in [0.29, 0.717) is 5.69 Å². The Kier molecular flexibility index (Phi) is 2.30. The van der Waals surface area contributed by atoms with Crippen molar-refractivity contribution in [2.45, 2.75) is 0 Å². The number of hydrogen-bond acceptors (Lipinski definition) is 4. The van der Waals surface area contributed by atoms with Gasteiger partial charge in [0.05, 0.1) is 5.52 Å². The molecule has 0 atom stereocenters. The fraction of sp³-hybridized carbons (Fsp3) is 0. The lowest BCUT2D eigenvalue weighted by Gasteiger charge is -1.98. The van der Waals surface area contributed by atoms with E-state index in [-0.39, 0.29) is 5.76 Å². The molecule has 0 saturated carbocycles. The zero-order chi connectivity index (χ0) is 12.5. The Hall–Kier alpha value is -2.69. The van der Waals surface area contributed by atoms with Crippen LogP contribution in [0.3, 0.4) is 0 Å². The minimum Gasteiger partial charge on any atom is -0.475 e. The van der Waals surface area contributed by atoms with Crippen molar-refractivity contribution in [1.29, 1.82) is 0 Å². The van der Waals surface area contributed by atoms with E-state index >= 15 is 0 Å². The van der Waals surface area contributed by atoms with Gasteiger partial charge in [0.2, 0.25) is 5.76 Å². The molecule has 0 amide bonds. The third-order valence-electron chi connectivity index (χ3n) is 2.62. The van der Waals surface area contributed by atoms with Crippen LogP contribution >= 0.6 is 0 Å². The van der Waals surface area contributed by atoms with Crippen LogP contribution in [0.1, 0.15) is 10.6 Å². The summed E-state index contributed by atoms with van der Waals surface area (Å²) in [7, 11) is 0. The fourth-order valence-corrected chi connectivity index (χ4v) is 1.74. The van der Waals surface area contributed by atoms with Gasteiger partial charge in [0, 0.05) is 23.2 Å². The number of pyridine rings is 1.